The number of nitrogens with one attached hydrogen (secondary N) is 1. The molecular weight excluding hydrogens is 272 g/mol. The van der Waals surface area contributed by atoms with E-state index in [0.29, 0.717) is 23.9 Å². The van der Waals surface area contributed by atoms with E-state index in [9.17, 15) is 5.11 Å². The highest BCUT2D eigenvalue weighted by Crippen LogP contribution is 2.24. The van der Waals surface area contributed by atoms with Crippen molar-refractivity contribution in [2.75, 3.05) is 19.0 Å². The molecule has 2 rings (SSSR count). The Balaban J connectivity index is 2.25. The van der Waals surface area contributed by atoms with Crippen LogP contribution >= 0.6 is 0 Å². The normalized spacial score (nSPS) is 10.2. The van der Waals surface area contributed by atoms with Gasteiger partial charge < -0.3 is 19.9 Å². The fourth-order valence-corrected chi connectivity index (χ4v) is 1.59. The third-order valence-electron chi connectivity index (χ3n) is 2.60. The largest absolute Gasteiger partial charge is 0.463 e. The molecule has 0 saturated heterocycles. The second kappa shape index (κ2) is 7.39. The fourth-order valence-electron chi connectivity index (χ4n) is 1.59. The van der Waals surface area contributed by atoms with Crippen molar-refractivity contribution in [3.05, 3.63) is 29.8 Å². The number of aliphatic hydroxyl groups is 1. The smallest absolute Gasteiger partial charge is 0.330 e. The highest BCUT2D eigenvalue weighted by molar-refractivity contribution is 5.35. The molecule has 0 aliphatic rings. The third kappa shape index (κ3) is 4.03. The number of anilines is 1. The van der Waals surface area contributed by atoms with Crippen LogP contribution in [-0.2, 0) is 6.61 Å². The predicted molar refractivity (Wildman–Crippen MR) is 77.6 cm³/mol. The summed E-state index contributed by atoms with van der Waals surface area (Å²) in [5.74, 6) is 0.849. The van der Waals surface area contributed by atoms with Crippen molar-refractivity contribution in [1.82, 2.24) is 15.0 Å². The lowest BCUT2D eigenvalue weighted by Gasteiger charge is -2.10. The van der Waals surface area contributed by atoms with E-state index in [2.05, 4.69) is 20.3 Å². The molecular formula is C14H18N4O3. The summed E-state index contributed by atoms with van der Waals surface area (Å²) in [6.07, 6.45) is 0.851. The molecule has 0 saturated carbocycles. The number of rotatable bonds is 7. The number of hydrogen-bond acceptors (Lipinski definition) is 7. The first-order valence-electron chi connectivity index (χ1n) is 6.70. The maximum Gasteiger partial charge on any atom is 0.330 e. The van der Waals surface area contributed by atoms with E-state index < -0.39 is 0 Å². The Morgan fingerprint density at radius 1 is 1.14 bits per heavy atom. The van der Waals surface area contributed by atoms with Crippen molar-refractivity contribution >= 4 is 5.95 Å². The van der Waals surface area contributed by atoms with Crippen molar-refractivity contribution in [3.8, 4) is 17.8 Å². The molecule has 1 aromatic heterocycles. The minimum absolute atomic E-state index is 0.112. The Hall–Kier alpha value is -2.41. The monoisotopic (exact) mass is 290 g/mol. The number of aromatic nitrogens is 3. The van der Waals surface area contributed by atoms with Crippen LogP contribution in [0.15, 0.2) is 24.3 Å². The summed E-state index contributed by atoms with van der Waals surface area (Å²) in [7, 11) is 1.70. The van der Waals surface area contributed by atoms with Crippen molar-refractivity contribution in [3.63, 3.8) is 0 Å². The van der Waals surface area contributed by atoms with Crippen molar-refractivity contribution in [2.45, 2.75) is 20.0 Å². The quantitative estimate of drug-likeness (QED) is 0.806. The summed E-state index contributed by atoms with van der Waals surface area (Å²) < 4.78 is 11.0. The molecule has 2 N–H and O–H groups in total. The molecule has 112 valence electrons. The topological polar surface area (TPSA) is 89.4 Å². The molecule has 2 aromatic rings. The van der Waals surface area contributed by atoms with Gasteiger partial charge in [-0.2, -0.15) is 9.97 Å². The zero-order valence-corrected chi connectivity index (χ0v) is 12.0. The summed E-state index contributed by atoms with van der Waals surface area (Å²) in [4.78, 5) is 12.3. The van der Waals surface area contributed by atoms with Crippen LogP contribution in [0.25, 0.3) is 0 Å². The van der Waals surface area contributed by atoms with Gasteiger partial charge in [0.15, 0.2) is 0 Å². The van der Waals surface area contributed by atoms with Gasteiger partial charge in [0, 0.05) is 12.6 Å². The zero-order valence-electron chi connectivity index (χ0n) is 12.0. The Bertz CT molecular complexity index is 592. The Kier molecular flexibility index (Phi) is 5.28. The van der Waals surface area contributed by atoms with Gasteiger partial charge in [-0.05, 0) is 12.5 Å². The van der Waals surface area contributed by atoms with Crippen molar-refractivity contribution < 1.29 is 14.6 Å². The van der Waals surface area contributed by atoms with Crippen LogP contribution in [0.3, 0.4) is 0 Å². The number of para-hydroxylation sites is 1. The lowest BCUT2D eigenvalue weighted by atomic mass is 10.2. The molecule has 21 heavy (non-hydrogen) atoms. The molecule has 7 nitrogen and oxygen atoms in total. The number of hydrogen-bond donors (Lipinski definition) is 2. The Labute approximate surface area is 123 Å². The van der Waals surface area contributed by atoms with Gasteiger partial charge in [0.05, 0.1) is 13.2 Å². The van der Waals surface area contributed by atoms with E-state index in [0.717, 1.165) is 6.42 Å². The summed E-state index contributed by atoms with van der Waals surface area (Å²) in [5, 5.41) is 12.1. The van der Waals surface area contributed by atoms with Crippen molar-refractivity contribution in [2.24, 2.45) is 0 Å². The molecule has 0 atom stereocenters. The Morgan fingerprint density at radius 3 is 2.62 bits per heavy atom. The number of nitrogens with zero attached hydrogens (tertiary/aromatic N) is 3. The molecule has 0 amide bonds. The summed E-state index contributed by atoms with van der Waals surface area (Å²) in [6, 6.07) is 7.45. The predicted octanol–water partition coefficient (Wildman–Crippen LogP) is 1.99. The molecule has 0 radical (unpaired) electrons. The molecule has 0 spiro atoms. The molecule has 0 aliphatic carbocycles. The van der Waals surface area contributed by atoms with Crippen LogP contribution in [0.4, 0.5) is 5.95 Å². The molecule has 0 bridgehead atoms. The fraction of sp³-hybridized carbons (Fsp3) is 0.357. The summed E-state index contributed by atoms with van der Waals surface area (Å²) >= 11 is 0. The first-order chi connectivity index (χ1) is 10.3. The molecule has 1 heterocycles. The van der Waals surface area contributed by atoms with Gasteiger partial charge in [-0.1, -0.05) is 25.1 Å². The van der Waals surface area contributed by atoms with Crippen LogP contribution in [0.5, 0.6) is 17.8 Å². The maximum absolute atomic E-state index is 9.30. The summed E-state index contributed by atoms with van der Waals surface area (Å²) in [5.41, 5.74) is 0.653. The molecule has 7 heteroatoms. The minimum atomic E-state index is -0.126. The molecule has 1 aromatic carbocycles. The van der Waals surface area contributed by atoms with E-state index in [1.165, 1.54) is 0 Å². The van der Waals surface area contributed by atoms with Gasteiger partial charge in [-0.25, -0.2) is 0 Å². The van der Waals surface area contributed by atoms with E-state index in [-0.39, 0.29) is 18.6 Å². The SMILES string of the molecule is CCCOc1nc(NC)nc(Oc2ccccc2CO)n1. The number of benzene rings is 1. The first kappa shape index (κ1) is 15.0. The van der Waals surface area contributed by atoms with Crippen molar-refractivity contribution in [1.29, 1.82) is 0 Å². The van der Waals surface area contributed by atoms with E-state index >= 15 is 0 Å². The zero-order chi connectivity index (χ0) is 15.1. The second-order valence-electron chi connectivity index (χ2n) is 4.19. The number of aliphatic hydroxyl groups excluding tert-OH is 1. The average Bonchev–Trinajstić information content (AvgIpc) is 2.53. The van der Waals surface area contributed by atoms with Gasteiger partial charge >= 0.3 is 12.0 Å². The van der Waals surface area contributed by atoms with Gasteiger partial charge in [0.25, 0.3) is 0 Å². The third-order valence-corrected chi connectivity index (χ3v) is 2.60. The van der Waals surface area contributed by atoms with Crippen LogP contribution < -0.4 is 14.8 Å². The van der Waals surface area contributed by atoms with Crippen LogP contribution in [0.1, 0.15) is 18.9 Å². The molecule has 0 fully saturated rings. The Morgan fingerprint density at radius 2 is 1.90 bits per heavy atom. The second-order valence-corrected chi connectivity index (χ2v) is 4.19. The van der Waals surface area contributed by atoms with Crippen LogP contribution in [0.2, 0.25) is 0 Å². The maximum atomic E-state index is 9.30. The standard InChI is InChI=1S/C14H18N4O3/c1-3-8-20-13-16-12(15-2)17-14(18-13)21-11-7-5-4-6-10(11)9-19/h4-7,19H,3,8-9H2,1-2H3,(H,15,16,17,18). The lowest BCUT2D eigenvalue weighted by molar-refractivity contribution is 0.272. The average molecular weight is 290 g/mol. The summed E-state index contributed by atoms with van der Waals surface area (Å²) in [6.45, 7) is 2.38. The van der Waals surface area contributed by atoms with Crippen LogP contribution in [-0.4, -0.2) is 33.7 Å². The van der Waals surface area contributed by atoms with Gasteiger partial charge in [0.1, 0.15) is 5.75 Å². The van der Waals surface area contributed by atoms with Gasteiger partial charge in [-0.15, -0.1) is 4.98 Å². The van der Waals surface area contributed by atoms with E-state index in [1.807, 2.05) is 19.1 Å². The van der Waals surface area contributed by atoms with Gasteiger partial charge in [-0.3, -0.25) is 0 Å². The minimum Gasteiger partial charge on any atom is -0.463 e. The first-order valence-corrected chi connectivity index (χ1v) is 6.70. The van der Waals surface area contributed by atoms with Gasteiger partial charge in [0.2, 0.25) is 5.95 Å². The lowest BCUT2D eigenvalue weighted by Crippen LogP contribution is -2.06. The molecule has 0 aliphatic heterocycles. The highest BCUT2D eigenvalue weighted by Gasteiger charge is 2.10. The van der Waals surface area contributed by atoms with E-state index in [4.69, 9.17) is 9.47 Å². The van der Waals surface area contributed by atoms with Crippen LogP contribution in [0, 0.1) is 0 Å². The number of ether oxygens (including phenoxy) is 2. The van der Waals surface area contributed by atoms with E-state index in [1.54, 1.807) is 19.2 Å². The highest BCUT2D eigenvalue weighted by atomic mass is 16.5. The molecule has 0 unspecified atom stereocenters.